The Morgan fingerprint density at radius 3 is 2.54 bits per heavy atom. The van der Waals surface area contributed by atoms with Crippen molar-refractivity contribution in [2.45, 2.75) is 45.3 Å². The van der Waals surface area contributed by atoms with Gasteiger partial charge in [0.15, 0.2) is 19.2 Å². The SMILES string of the molecule is CC(C)(C)[Si](C)(C)OCCC(CNC(N)=S)C(=O)c1cc([N+](=O)[O-])ccc1F. The topological polar surface area (TPSA) is 107 Å². The third kappa shape index (κ3) is 6.61. The van der Waals surface area contributed by atoms with Gasteiger partial charge < -0.3 is 15.5 Å². The van der Waals surface area contributed by atoms with Gasteiger partial charge in [0.25, 0.3) is 5.69 Å². The van der Waals surface area contributed by atoms with Crippen LogP contribution < -0.4 is 11.1 Å². The third-order valence-corrected chi connectivity index (χ3v) is 9.74. The van der Waals surface area contributed by atoms with E-state index in [1.54, 1.807) is 0 Å². The molecule has 0 saturated heterocycles. The Balaban J connectivity index is 3.01. The molecule has 0 aromatic heterocycles. The molecule has 7 nitrogen and oxygen atoms in total. The number of halogens is 1. The summed E-state index contributed by atoms with van der Waals surface area (Å²) in [7, 11) is -2.01. The van der Waals surface area contributed by atoms with E-state index in [2.05, 4.69) is 39.2 Å². The molecule has 0 fully saturated rings. The van der Waals surface area contributed by atoms with Crippen molar-refractivity contribution in [1.29, 1.82) is 0 Å². The Hall–Kier alpha value is -1.91. The van der Waals surface area contributed by atoms with E-state index >= 15 is 0 Å². The number of hydrogen-bond acceptors (Lipinski definition) is 5. The van der Waals surface area contributed by atoms with Crippen molar-refractivity contribution in [3.05, 3.63) is 39.7 Å². The third-order valence-electron chi connectivity index (χ3n) is 5.06. The van der Waals surface area contributed by atoms with E-state index in [0.29, 0.717) is 13.0 Å². The van der Waals surface area contributed by atoms with Crippen LogP contribution in [0.25, 0.3) is 0 Å². The van der Waals surface area contributed by atoms with Gasteiger partial charge in [-0.25, -0.2) is 4.39 Å². The molecule has 1 unspecified atom stereocenters. The maximum Gasteiger partial charge on any atom is 0.270 e. The van der Waals surface area contributed by atoms with Crippen molar-refractivity contribution < 1.29 is 18.5 Å². The second-order valence-corrected chi connectivity index (χ2v) is 13.4. The zero-order valence-electron chi connectivity index (χ0n) is 16.9. The first kappa shape index (κ1) is 24.1. The molecular weight excluding hydrogens is 401 g/mol. The summed E-state index contributed by atoms with van der Waals surface area (Å²) in [6.07, 6.45) is 0.309. The number of carbonyl (C=O) groups is 1. The molecule has 0 aliphatic rings. The van der Waals surface area contributed by atoms with Crippen LogP contribution in [0.15, 0.2) is 18.2 Å². The predicted octanol–water partition coefficient (Wildman–Crippen LogP) is 3.78. The van der Waals surface area contributed by atoms with E-state index in [-0.39, 0.29) is 27.9 Å². The highest BCUT2D eigenvalue weighted by molar-refractivity contribution is 7.80. The van der Waals surface area contributed by atoms with Crippen molar-refractivity contribution in [3.8, 4) is 0 Å². The fourth-order valence-electron chi connectivity index (χ4n) is 2.26. The number of nitro groups is 1. The van der Waals surface area contributed by atoms with Crippen LogP contribution in [-0.4, -0.2) is 37.3 Å². The molecule has 3 N–H and O–H groups in total. The smallest absolute Gasteiger partial charge is 0.270 e. The molecule has 1 rings (SSSR count). The molecule has 0 bridgehead atoms. The van der Waals surface area contributed by atoms with Gasteiger partial charge in [-0.05, 0) is 42.8 Å². The summed E-state index contributed by atoms with van der Waals surface area (Å²) in [6, 6.07) is 2.91. The van der Waals surface area contributed by atoms with Gasteiger partial charge >= 0.3 is 0 Å². The summed E-state index contributed by atoms with van der Waals surface area (Å²) in [4.78, 5) is 23.2. The average molecular weight is 430 g/mol. The minimum absolute atomic E-state index is 0.00965. The summed E-state index contributed by atoms with van der Waals surface area (Å²) < 4.78 is 20.3. The number of Topliss-reactive ketones (excluding diaryl/α,β-unsaturated/α-hetero) is 1. The molecule has 10 heteroatoms. The average Bonchev–Trinajstić information content (AvgIpc) is 2.56. The first-order valence-corrected chi connectivity index (χ1v) is 12.2. The lowest BCUT2D eigenvalue weighted by Crippen LogP contribution is -2.42. The molecule has 1 aromatic rings. The summed E-state index contributed by atoms with van der Waals surface area (Å²) >= 11 is 4.79. The van der Waals surface area contributed by atoms with E-state index in [1.807, 2.05) is 0 Å². The second kappa shape index (κ2) is 9.53. The molecule has 0 aliphatic carbocycles. The van der Waals surface area contributed by atoms with Crippen molar-refractivity contribution in [2.75, 3.05) is 13.2 Å². The highest BCUT2D eigenvalue weighted by atomic mass is 32.1. The number of benzene rings is 1. The molecule has 0 saturated carbocycles. The van der Waals surface area contributed by atoms with Crippen LogP contribution in [0, 0.1) is 21.8 Å². The molecular formula is C18H28FN3O4SSi. The second-order valence-electron chi connectivity index (χ2n) is 8.13. The fourth-order valence-corrected chi connectivity index (χ4v) is 3.40. The quantitative estimate of drug-likeness (QED) is 0.202. The number of non-ortho nitro benzene ring substituents is 1. The summed E-state index contributed by atoms with van der Waals surface area (Å²) in [5.41, 5.74) is 4.78. The van der Waals surface area contributed by atoms with Crippen LogP contribution in [-0.2, 0) is 4.43 Å². The molecule has 28 heavy (non-hydrogen) atoms. The molecule has 1 aromatic carbocycles. The lowest BCUT2D eigenvalue weighted by atomic mass is 9.94. The van der Waals surface area contributed by atoms with Crippen LogP contribution >= 0.6 is 12.2 Å². The molecule has 0 radical (unpaired) electrons. The maximum absolute atomic E-state index is 14.2. The van der Waals surface area contributed by atoms with Crippen molar-refractivity contribution in [3.63, 3.8) is 0 Å². The molecule has 0 amide bonds. The van der Waals surface area contributed by atoms with Crippen molar-refractivity contribution in [1.82, 2.24) is 5.32 Å². The molecule has 0 heterocycles. The number of hydrogen-bond donors (Lipinski definition) is 2. The van der Waals surface area contributed by atoms with Gasteiger partial charge in [0.1, 0.15) is 5.82 Å². The Bertz CT molecular complexity index is 753. The van der Waals surface area contributed by atoms with E-state index in [0.717, 1.165) is 18.2 Å². The number of nitro benzene ring substituents is 1. The zero-order valence-corrected chi connectivity index (χ0v) is 18.7. The summed E-state index contributed by atoms with van der Waals surface area (Å²) in [6.45, 7) is 10.9. The van der Waals surface area contributed by atoms with Crippen LogP contribution in [0.2, 0.25) is 18.1 Å². The van der Waals surface area contributed by atoms with Crippen LogP contribution in [0.1, 0.15) is 37.6 Å². The fraction of sp³-hybridized carbons (Fsp3) is 0.556. The van der Waals surface area contributed by atoms with Gasteiger partial charge in [-0.1, -0.05) is 20.8 Å². The largest absolute Gasteiger partial charge is 0.417 e. The lowest BCUT2D eigenvalue weighted by Gasteiger charge is -2.36. The van der Waals surface area contributed by atoms with Crippen LogP contribution in [0.5, 0.6) is 0 Å². The number of nitrogens with zero attached hydrogens (tertiary/aromatic N) is 1. The van der Waals surface area contributed by atoms with Gasteiger partial charge in [-0.3, -0.25) is 14.9 Å². The number of nitrogens with two attached hydrogens (primary N) is 1. The van der Waals surface area contributed by atoms with Gasteiger partial charge in [0, 0.05) is 31.2 Å². The predicted molar refractivity (Wildman–Crippen MR) is 113 cm³/mol. The monoisotopic (exact) mass is 429 g/mol. The number of carbonyl (C=O) groups excluding carboxylic acids is 1. The summed E-state index contributed by atoms with van der Waals surface area (Å²) in [5.74, 6) is -2.05. The highest BCUT2D eigenvalue weighted by Crippen LogP contribution is 2.36. The van der Waals surface area contributed by atoms with E-state index in [4.69, 9.17) is 22.4 Å². The first-order valence-electron chi connectivity index (χ1n) is 8.91. The van der Waals surface area contributed by atoms with E-state index in [9.17, 15) is 19.3 Å². The van der Waals surface area contributed by atoms with Crippen LogP contribution in [0.4, 0.5) is 10.1 Å². The zero-order chi connectivity index (χ0) is 21.7. The Labute approximate surface area is 171 Å². The van der Waals surface area contributed by atoms with Gasteiger partial charge in [0.2, 0.25) is 0 Å². The van der Waals surface area contributed by atoms with Crippen molar-refractivity contribution >= 4 is 37.1 Å². The van der Waals surface area contributed by atoms with E-state index in [1.165, 1.54) is 0 Å². The normalized spacial score (nSPS) is 13.1. The Kier molecular flexibility index (Phi) is 8.21. The molecule has 156 valence electrons. The molecule has 0 spiro atoms. The molecule has 1 atom stereocenters. The van der Waals surface area contributed by atoms with Gasteiger partial charge in [-0.15, -0.1) is 0 Å². The Morgan fingerprint density at radius 1 is 1.43 bits per heavy atom. The Morgan fingerprint density at radius 2 is 2.04 bits per heavy atom. The maximum atomic E-state index is 14.2. The number of rotatable bonds is 9. The standard InChI is InChI=1S/C18H28FN3O4SSi/c1-18(2,3)28(4,5)26-9-8-12(11-21-17(20)27)16(23)14-10-13(22(24)25)6-7-15(14)19/h6-7,10,12H,8-9,11H2,1-5H3,(H3,20,21,27). The minimum atomic E-state index is -2.01. The molecule has 0 aliphatic heterocycles. The van der Waals surface area contributed by atoms with Crippen LogP contribution in [0.3, 0.4) is 0 Å². The number of thiocarbonyl (C=S) groups is 1. The number of ketones is 1. The van der Waals surface area contributed by atoms with Gasteiger partial charge in [0.05, 0.1) is 10.5 Å². The lowest BCUT2D eigenvalue weighted by molar-refractivity contribution is -0.384. The van der Waals surface area contributed by atoms with Crippen molar-refractivity contribution in [2.24, 2.45) is 11.7 Å². The number of nitrogens with one attached hydrogen (secondary N) is 1. The summed E-state index contributed by atoms with van der Waals surface area (Å²) in [5, 5.41) is 13.7. The van der Waals surface area contributed by atoms with E-state index < -0.39 is 30.8 Å². The minimum Gasteiger partial charge on any atom is -0.417 e. The highest BCUT2D eigenvalue weighted by Gasteiger charge is 2.37. The first-order chi connectivity index (χ1) is 12.8. The van der Waals surface area contributed by atoms with Gasteiger partial charge in [-0.2, -0.15) is 0 Å².